The molecule has 0 radical (unpaired) electrons. The van der Waals surface area contributed by atoms with Gasteiger partial charge in [0.15, 0.2) is 0 Å². The predicted molar refractivity (Wildman–Crippen MR) is 70.1 cm³/mol. The molecule has 1 atom stereocenters. The van der Waals surface area contributed by atoms with E-state index in [1.807, 2.05) is 26.2 Å². The van der Waals surface area contributed by atoms with E-state index in [0.717, 1.165) is 17.7 Å². The summed E-state index contributed by atoms with van der Waals surface area (Å²) in [5.41, 5.74) is 1.84. The van der Waals surface area contributed by atoms with Gasteiger partial charge in [-0.25, -0.2) is 4.39 Å². The van der Waals surface area contributed by atoms with Gasteiger partial charge < -0.3 is 5.32 Å². The number of nitrogens with zero attached hydrogens (tertiary/aromatic N) is 2. The maximum atomic E-state index is 13.5. The van der Waals surface area contributed by atoms with E-state index in [9.17, 15) is 4.39 Å². The second-order valence-corrected chi connectivity index (χ2v) is 4.52. The van der Waals surface area contributed by atoms with Gasteiger partial charge in [0.25, 0.3) is 0 Å². The first kappa shape index (κ1) is 13.1. The van der Waals surface area contributed by atoms with E-state index in [4.69, 9.17) is 11.6 Å². The maximum absolute atomic E-state index is 13.5. The van der Waals surface area contributed by atoms with Crippen molar-refractivity contribution >= 4 is 11.6 Å². The molecule has 0 fully saturated rings. The van der Waals surface area contributed by atoms with Crippen LogP contribution in [0, 0.1) is 5.82 Å². The summed E-state index contributed by atoms with van der Waals surface area (Å²) in [5.74, 6) is -0.402. The fraction of sp³-hybridized carbons (Fsp3) is 0.308. The van der Waals surface area contributed by atoms with Crippen LogP contribution < -0.4 is 5.32 Å². The molecular formula is C13H15ClFN3. The minimum absolute atomic E-state index is 0.0736. The van der Waals surface area contributed by atoms with Crippen LogP contribution in [-0.2, 0) is 7.05 Å². The minimum atomic E-state index is -0.402. The number of nitrogens with one attached hydrogen (secondary N) is 1. The summed E-state index contributed by atoms with van der Waals surface area (Å²) < 4.78 is 15.2. The Kier molecular flexibility index (Phi) is 3.99. The summed E-state index contributed by atoms with van der Waals surface area (Å²) in [6.07, 6.45) is 3.69. The Morgan fingerprint density at radius 1 is 1.44 bits per heavy atom. The molecule has 18 heavy (non-hydrogen) atoms. The molecular weight excluding hydrogens is 253 g/mol. The average Bonchev–Trinajstić information content (AvgIpc) is 2.76. The van der Waals surface area contributed by atoms with E-state index in [0.29, 0.717) is 0 Å². The van der Waals surface area contributed by atoms with E-state index in [1.54, 1.807) is 16.9 Å². The Labute approximate surface area is 111 Å². The van der Waals surface area contributed by atoms with Crippen molar-refractivity contribution in [2.24, 2.45) is 7.05 Å². The summed E-state index contributed by atoms with van der Waals surface area (Å²) in [7, 11) is 1.86. The van der Waals surface area contributed by atoms with Gasteiger partial charge in [0.05, 0.1) is 17.3 Å². The van der Waals surface area contributed by atoms with E-state index in [2.05, 4.69) is 10.4 Å². The first-order valence-corrected chi connectivity index (χ1v) is 6.16. The lowest BCUT2D eigenvalue weighted by Gasteiger charge is -2.17. The minimum Gasteiger partial charge on any atom is -0.306 e. The highest BCUT2D eigenvalue weighted by molar-refractivity contribution is 6.30. The maximum Gasteiger partial charge on any atom is 0.142 e. The van der Waals surface area contributed by atoms with Crippen molar-refractivity contribution in [1.29, 1.82) is 0 Å². The number of benzene rings is 1. The van der Waals surface area contributed by atoms with Gasteiger partial charge in [-0.05, 0) is 24.2 Å². The largest absolute Gasteiger partial charge is 0.306 e. The van der Waals surface area contributed by atoms with Gasteiger partial charge in [0.1, 0.15) is 5.82 Å². The zero-order valence-electron chi connectivity index (χ0n) is 10.3. The van der Waals surface area contributed by atoms with Crippen LogP contribution in [0.4, 0.5) is 4.39 Å². The molecule has 0 amide bonds. The Balaban J connectivity index is 2.37. The van der Waals surface area contributed by atoms with Crippen molar-refractivity contribution in [3.05, 3.63) is 52.6 Å². The van der Waals surface area contributed by atoms with Crippen molar-refractivity contribution in [1.82, 2.24) is 15.1 Å². The summed E-state index contributed by atoms with van der Waals surface area (Å²) in [4.78, 5) is 0. The fourth-order valence-corrected chi connectivity index (χ4v) is 2.03. The van der Waals surface area contributed by atoms with E-state index in [1.165, 1.54) is 6.07 Å². The Bertz CT molecular complexity index is 539. The third-order valence-corrected chi connectivity index (χ3v) is 3.05. The molecule has 3 nitrogen and oxygen atoms in total. The SMILES string of the molecule is CCNC(c1ccc(Cl)c(F)c1)c1cnn(C)c1. The van der Waals surface area contributed by atoms with Crippen molar-refractivity contribution in [3.63, 3.8) is 0 Å². The van der Waals surface area contributed by atoms with E-state index in [-0.39, 0.29) is 11.1 Å². The van der Waals surface area contributed by atoms with Gasteiger partial charge in [-0.15, -0.1) is 0 Å². The fourth-order valence-electron chi connectivity index (χ4n) is 1.91. The van der Waals surface area contributed by atoms with Gasteiger partial charge in [-0.3, -0.25) is 4.68 Å². The average molecular weight is 268 g/mol. The van der Waals surface area contributed by atoms with Crippen LogP contribution in [0.5, 0.6) is 0 Å². The molecule has 0 bridgehead atoms. The summed E-state index contributed by atoms with van der Waals surface area (Å²) in [6.45, 7) is 2.79. The molecule has 2 rings (SSSR count). The van der Waals surface area contributed by atoms with E-state index < -0.39 is 5.82 Å². The second kappa shape index (κ2) is 5.50. The third-order valence-electron chi connectivity index (χ3n) is 2.74. The topological polar surface area (TPSA) is 29.9 Å². The Morgan fingerprint density at radius 3 is 2.78 bits per heavy atom. The lowest BCUT2D eigenvalue weighted by Crippen LogP contribution is -2.21. The summed E-state index contributed by atoms with van der Waals surface area (Å²) in [5, 5.41) is 7.59. The standard InChI is InChI=1S/C13H15ClFN3/c1-3-16-13(10-7-17-18(2)8-10)9-4-5-11(14)12(15)6-9/h4-8,13,16H,3H2,1-2H3. The predicted octanol–water partition coefficient (Wildman–Crippen LogP) is 2.91. The smallest absolute Gasteiger partial charge is 0.142 e. The highest BCUT2D eigenvalue weighted by Gasteiger charge is 2.16. The van der Waals surface area contributed by atoms with Gasteiger partial charge in [0.2, 0.25) is 0 Å². The van der Waals surface area contributed by atoms with Crippen LogP contribution in [0.15, 0.2) is 30.6 Å². The number of hydrogen-bond acceptors (Lipinski definition) is 2. The molecule has 0 aliphatic heterocycles. The highest BCUT2D eigenvalue weighted by atomic mass is 35.5. The second-order valence-electron chi connectivity index (χ2n) is 4.11. The molecule has 96 valence electrons. The molecule has 0 aliphatic carbocycles. The molecule has 1 heterocycles. The number of aryl methyl sites for hydroxylation is 1. The molecule has 2 aromatic rings. The van der Waals surface area contributed by atoms with Crippen molar-refractivity contribution in [2.45, 2.75) is 13.0 Å². The molecule has 1 unspecified atom stereocenters. The molecule has 0 saturated heterocycles. The summed E-state index contributed by atoms with van der Waals surface area (Å²) in [6, 6.07) is 4.79. The van der Waals surface area contributed by atoms with Crippen molar-refractivity contribution in [2.75, 3.05) is 6.54 Å². The number of halogens is 2. The Hall–Kier alpha value is -1.39. The van der Waals surface area contributed by atoms with Crippen LogP contribution in [-0.4, -0.2) is 16.3 Å². The molecule has 5 heteroatoms. The number of aromatic nitrogens is 2. The van der Waals surface area contributed by atoms with Crippen LogP contribution in [0.2, 0.25) is 5.02 Å². The first-order valence-electron chi connectivity index (χ1n) is 5.78. The van der Waals surface area contributed by atoms with E-state index >= 15 is 0 Å². The van der Waals surface area contributed by atoms with Crippen LogP contribution in [0.1, 0.15) is 24.1 Å². The van der Waals surface area contributed by atoms with Crippen molar-refractivity contribution < 1.29 is 4.39 Å². The van der Waals surface area contributed by atoms with Gasteiger partial charge in [-0.2, -0.15) is 5.10 Å². The molecule has 0 spiro atoms. The molecule has 1 aromatic heterocycles. The highest BCUT2D eigenvalue weighted by Crippen LogP contribution is 2.25. The zero-order chi connectivity index (χ0) is 13.1. The zero-order valence-corrected chi connectivity index (χ0v) is 11.1. The first-order chi connectivity index (χ1) is 8.61. The lowest BCUT2D eigenvalue weighted by molar-refractivity contribution is 0.603. The molecule has 1 aromatic carbocycles. The monoisotopic (exact) mass is 267 g/mol. The molecule has 0 saturated carbocycles. The van der Waals surface area contributed by atoms with Crippen LogP contribution in [0.25, 0.3) is 0 Å². The van der Waals surface area contributed by atoms with Crippen LogP contribution in [0.3, 0.4) is 0 Å². The Morgan fingerprint density at radius 2 is 2.22 bits per heavy atom. The van der Waals surface area contributed by atoms with Crippen LogP contribution >= 0.6 is 11.6 Å². The third kappa shape index (κ3) is 2.71. The van der Waals surface area contributed by atoms with Gasteiger partial charge >= 0.3 is 0 Å². The lowest BCUT2D eigenvalue weighted by atomic mass is 10.0. The number of hydrogen-bond donors (Lipinski definition) is 1. The summed E-state index contributed by atoms with van der Waals surface area (Å²) >= 11 is 5.70. The molecule has 1 N–H and O–H groups in total. The normalized spacial score (nSPS) is 12.7. The van der Waals surface area contributed by atoms with Gasteiger partial charge in [-0.1, -0.05) is 24.6 Å². The number of rotatable bonds is 4. The molecule has 0 aliphatic rings. The van der Waals surface area contributed by atoms with Gasteiger partial charge in [0, 0.05) is 18.8 Å². The van der Waals surface area contributed by atoms with Crippen molar-refractivity contribution in [3.8, 4) is 0 Å². The quantitative estimate of drug-likeness (QED) is 0.923.